The normalized spacial score (nSPS) is 11.9. The first-order valence-corrected chi connectivity index (χ1v) is 12.6. The maximum absolute atomic E-state index is 12.8. The highest BCUT2D eigenvalue weighted by atomic mass is 16.6. The van der Waals surface area contributed by atoms with E-state index in [0.717, 1.165) is 10.5 Å². The Morgan fingerprint density at radius 2 is 1.39 bits per heavy atom. The molecule has 0 fully saturated rings. The quantitative estimate of drug-likeness (QED) is 0.231. The Kier molecular flexibility index (Phi) is 9.78. The molecule has 2 rings (SSSR count). The summed E-state index contributed by atoms with van der Waals surface area (Å²) in [7, 11) is 0. The Morgan fingerprint density at radius 1 is 0.842 bits per heavy atom. The van der Waals surface area contributed by atoms with Crippen LogP contribution in [0.3, 0.4) is 0 Å². The van der Waals surface area contributed by atoms with Gasteiger partial charge in [0, 0.05) is 12.1 Å². The number of esters is 1. The topological polar surface area (TPSA) is 120 Å². The molecule has 0 aliphatic heterocycles. The Morgan fingerprint density at radius 3 is 1.92 bits per heavy atom. The predicted molar refractivity (Wildman–Crippen MR) is 148 cm³/mol. The van der Waals surface area contributed by atoms with Crippen molar-refractivity contribution in [2.45, 2.75) is 85.2 Å². The molecule has 0 aliphatic rings. The van der Waals surface area contributed by atoms with Gasteiger partial charge in [0.1, 0.15) is 17.8 Å². The van der Waals surface area contributed by atoms with Crippen LogP contribution < -0.4 is 11.1 Å². The summed E-state index contributed by atoms with van der Waals surface area (Å²) in [5.41, 5.74) is 6.18. The molecule has 208 valence electrons. The van der Waals surface area contributed by atoms with E-state index in [2.05, 4.69) is 5.32 Å². The highest BCUT2D eigenvalue weighted by Crippen LogP contribution is 2.27. The average molecular weight is 528 g/mol. The molecule has 2 aromatic carbocycles. The van der Waals surface area contributed by atoms with Crippen LogP contribution in [0.2, 0.25) is 0 Å². The highest BCUT2D eigenvalue weighted by molar-refractivity contribution is 5.92. The van der Waals surface area contributed by atoms with Gasteiger partial charge in [0.25, 0.3) is 0 Å². The van der Waals surface area contributed by atoms with Gasteiger partial charge in [0.05, 0.1) is 16.9 Å². The van der Waals surface area contributed by atoms with Gasteiger partial charge in [-0.05, 0) is 85.6 Å². The van der Waals surface area contributed by atoms with Gasteiger partial charge in [-0.25, -0.2) is 19.3 Å². The Bertz CT molecular complexity index is 1090. The van der Waals surface area contributed by atoms with Crippen LogP contribution in [0.1, 0.15) is 77.7 Å². The minimum atomic E-state index is -0.787. The molecule has 0 spiro atoms. The fraction of sp³-hybridized carbons (Fsp3) is 0.483. The Labute approximate surface area is 225 Å². The zero-order valence-electron chi connectivity index (χ0n) is 23.7. The fourth-order valence-electron chi connectivity index (χ4n) is 3.31. The van der Waals surface area contributed by atoms with Crippen LogP contribution in [-0.4, -0.2) is 46.3 Å². The number of carbonyl (C=O) groups is 3. The van der Waals surface area contributed by atoms with E-state index in [1.165, 1.54) is 0 Å². The van der Waals surface area contributed by atoms with Gasteiger partial charge in [-0.2, -0.15) is 0 Å². The number of carbonyl (C=O) groups excluding carboxylic acids is 3. The van der Waals surface area contributed by atoms with Crippen molar-refractivity contribution in [3.8, 4) is 0 Å². The number of benzene rings is 2. The molecule has 0 atom stereocenters. The van der Waals surface area contributed by atoms with E-state index in [0.29, 0.717) is 23.4 Å². The van der Waals surface area contributed by atoms with E-state index in [4.69, 9.17) is 19.9 Å². The third-order valence-electron chi connectivity index (χ3n) is 5.16. The molecule has 0 radical (unpaired) electrons. The van der Waals surface area contributed by atoms with Crippen molar-refractivity contribution in [3.05, 3.63) is 59.7 Å². The maximum Gasteiger partial charge on any atom is 0.419 e. The number of hydrogen-bond donors (Lipinski definition) is 2. The van der Waals surface area contributed by atoms with Crippen molar-refractivity contribution in [2.75, 3.05) is 17.6 Å². The number of nitrogens with two attached hydrogens (primary N) is 1. The fourth-order valence-corrected chi connectivity index (χ4v) is 3.31. The van der Waals surface area contributed by atoms with Gasteiger partial charge in [-0.3, -0.25) is 0 Å². The number of nitrogens with one attached hydrogen (secondary N) is 1. The van der Waals surface area contributed by atoms with E-state index < -0.39 is 34.9 Å². The van der Waals surface area contributed by atoms with Crippen molar-refractivity contribution < 1.29 is 28.6 Å². The summed E-state index contributed by atoms with van der Waals surface area (Å²) in [6, 6.07) is 14.3. The molecule has 0 bridgehead atoms. The lowest BCUT2D eigenvalue weighted by atomic mass is 9.99. The lowest BCUT2D eigenvalue weighted by molar-refractivity contribution is 0.000671. The molecule has 9 nitrogen and oxygen atoms in total. The minimum Gasteiger partial charge on any atom is -0.457 e. The first-order valence-electron chi connectivity index (χ1n) is 12.6. The number of nitrogen functional groups attached to an aromatic ring is 1. The highest BCUT2D eigenvalue weighted by Gasteiger charge is 2.33. The standard InChI is InChI=1S/C29H41N3O6/c1-27(2,3)37-25(34)32(26(35)38-28(4,5)6)17-16-29(7,8)31-23-18-21(14-15-22(23)30)24(33)36-19-20-12-10-9-11-13-20/h9-15,18,31H,16-17,19,30H2,1-8H3. The Balaban J connectivity index is 2.12. The van der Waals surface area contributed by atoms with Gasteiger partial charge >= 0.3 is 18.2 Å². The lowest BCUT2D eigenvalue weighted by Crippen LogP contribution is -2.46. The van der Waals surface area contributed by atoms with Crippen LogP contribution in [-0.2, 0) is 20.8 Å². The van der Waals surface area contributed by atoms with E-state index in [1.807, 2.05) is 44.2 Å². The summed E-state index contributed by atoms with van der Waals surface area (Å²) in [5, 5.41) is 3.32. The summed E-state index contributed by atoms with van der Waals surface area (Å²) in [6.45, 7) is 14.3. The maximum atomic E-state index is 12.8. The van der Waals surface area contributed by atoms with Gasteiger partial charge in [0.15, 0.2) is 0 Å². The zero-order valence-corrected chi connectivity index (χ0v) is 23.7. The van der Waals surface area contributed by atoms with Crippen molar-refractivity contribution in [2.24, 2.45) is 0 Å². The summed E-state index contributed by atoms with van der Waals surface area (Å²) < 4.78 is 16.3. The minimum absolute atomic E-state index is 0.0303. The summed E-state index contributed by atoms with van der Waals surface area (Å²) >= 11 is 0. The molecule has 0 aliphatic carbocycles. The SMILES string of the molecule is CC(C)(CCN(C(=O)OC(C)(C)C)C(=O)OC(C)(C)C)Nc1cc(C(=O)OCc2ccccc2)ccc1N. The second-order valence-electron chi connectivity index (χ2n) is 11.7. The van der Waals surface area contributed by atoms with E-state index in [1.54, 1.807) is 59.7 Å². The Hall–Kier alpha value is -3.75. The summed E-state index contributed by atoms with van der Waals surface area (Å²) in [6.07, 6.45) is -1.23. The number of ether oxygens (including phenoxy) is 3. The third-order valence-corrected chi connectivity index (χ3v) is 5.16. The second kappa shape index (κ2) is 12.2. The van der Waals surface area contributed by atoms with Crippen LogP contribution in [0.25, 0.3) is 0 Å². The smallest absolute Gasteiger partial charge is 0.419 e. The number of anilines is 2. The van der Waals surface area contributed by atoms with Crippen molar-refractivity contribution >= 4 is 29.5 Å². The number of amides is 2. The van der Waals surface area contributed by atoms with Crippen LogP contribution in [0.5, 0.6) is 0 Å². The molecule has 0 heterocycles. The number of imide groups is 1. The molecular weight excluding hydrogens is 486 g/mol. The first kappa shape index (κ1) is 30.5. The van der Waals surface area contributed by atoms with E-state index in [9.17, 15) is 14.4 Å². The monoisotopic (exact) mass is 527 g/mol. The average Bonchev–Trinajstić information content (AvgIpc) is 2.77. The molecule has 0 aromatic heterocycles. The molecule has 9 heteroatoms. The third kappa shape index (κ3) is 10.3. The van der Waals surface area contributed by atoms with E-state index in [-0.39, 0.29) is 13.2 Å². The van der Waals surface area contributed by atoms with Gasteiger partial charge in [-0.1, -0.05) is 30.3 Å². The van der Waals surface area contributed by atoms with Crippen molar-refractivity contribution in [1.82, 2.24) is 4.90 Å². The van der Waals surface area contributed by atoms with Gasteiger partial charge in [0.2, 0.25) is 0 Å². The second-order valence-corrected chi connectivity index (χ2v) is 11.7. The molecular formula is C29H41N3O6. The molecule has 0 unspecified atom stereocenters. The number of rotatable bonds is 8. The number of nitrogens with zero attached hydrogens (tertiary/aromatic N) is 1. The largest absolute Gasteiger partial charge is 0.457 e. The van der Waals surface area contributed by atoms with Gasteiger partial charge < -0.3 is 25.3 Å². The predicted octanol–water partition coefficient (Wildman–Crippen LogP) is 6.38. The zero-order chi connectivity index (χ0) is 28.7. The molecule has 2 aromatic rings. The number of hydrogen-bond acceptors (Lipinski definition) is 8. The molecule has 38 heavy (non-hydrogen) atoms. The molecule has 2 amide bonds. The van der Waals surface area contributed by atoms with Crippen LogP contribution in [0.15, 0.2) is 48.5 Å². The molecule has 0 saturated carbocycles. The summed E-state index contributed by atoms with van der Waals surface area (Å²) in [5.74, 6) is -0.476. The molecule has 3 N–H and O–H groups in total. The van der Waals surface area contributed by atoms with Crippen molar-refractivity contribution in [3.63, 3.8) is 0 Å². The van der Waals surface area contributed by atoms with E-state index >= 15 is 0 Å². The lowest BCUT2D eigenvalue weighted by Gasteiger charge is -2.32. The molecule has 0 saturated heterocycles. The first-order chi connectivity index (χ1) is 17.5. The van der Waals surface area contributed by atoms with Gasteiger partial charge in [-0.15, -0.1) is 0 Å². The van der Waals surface area contributed by atoms with Crippen LogP contribution >= 0.6 is 0 Å². The van der Waals surface area contributed by atoms with Crippen LogP contribution in [0, 0.1) is 0 Å². The van der Waals surface area contributed by atoms with Crippen LogP contribution in [0.4, 0.5) is 21.0 Å². The van der Waals surface area contributed by atoms with Crippen molar-refractivity contribution in [1.29, 1.82) is 0 Å². The summed E-state index contributed by atoms with van der Waals surface area (Å²) in [4.78, 5) is 39.2.